The second-order valence-electron chi connectivity index (χ2n) is 6.41. The summed E-state index contributed by atoms with van der Waals surface area (Å²) >= 11 is 4.13. The number of hydrogen-bond acceptors (Lipinski definition) is 5. The van der Waals surface area contributed by atoms with Crippen molar-refractivity contribution in [2.45, 2.75) is 58.8 Å². The fraction of sp³-hybridized carbons (Fsp3) is 0.846. The van der Waals surface area contributed by atoms with Crippen LogP contribution in [0.4, 0.5) is 9.59 Å². The van der Waals surface area contributed by atoms with E-state index < -0.39 is 23.4 Å². The zero-order chi connectivity index (χ0) is 16.0. The Morgan fingerprint density at radius 2 is 1.45 bits per heavy atom. The quantitative estimate of drug-likeness (QED) is 0.697. The van der Waals surface area contributed by atoms with Gasteiger partial charge in [-0.15, -0.1) is 0 Å². The lowest BCUT2D eigenvalue weighted by molar-refractivity contribution is 0.0469. The molecule has 0 heterocycles. The highest BCUT2D eigenvalue weighted by atomic mass is 32.1. The molecule has 0 aliphatic heterocycles. The predicted molar refractivity (Wildman–Crippen MR) is 81.2 cm³/mol. The third-order valence-corrected chi connectivity index (χ3v) is 2.27. The monoisotopic (exact) mass is 306 g/mol. The van der Waals surface area contributed by atoms with Crippen LogP contribution < -0.4 is 10.6 Å². The molecule has 0 fully saturated rings. The molecule has 0 saturated heterocycles. The summed E-state index contributed by atoms with van der Waals surface area (Å²) in [5.41, 5.74) is -1.12. The van der Waals surface area contributed by atoms with E-state index in [2.05, 4.69) is 23.3 Å². The number of carbonyl (C=O) groups excluding carboxylic acids is 2. The van der Waals surface area contributed by atoms with Gasteiger partial charge in [-0.2, -0.15) is 12.6 Å². The van der Waals surface area contributed by atoms with Gasteiger partial charge in [-0.1, -0.05) is 0 Å². The predicted octanol–water partition coefficient (Wildman–Crippen LogP) is 2.33. The van der Waals surface area contributed by atoms with Crippen molar-refractivity contribution in [3.63, 3.8) is 0 Å². The lowest BCUT2D eigenvalue weighted by atomic mass is 10.2. The van der Waals surface area contributed by atoms with Crippen LogP contribution in [0.3, 0.4) is 0 Å². The highest BCUT2D eigenvalue weighted by Gasteiger charge is 2.20. The maximum Gasteiger partial charge on any atom is 0.407 e. The van der Waals surface area contributed by atoms with Crippen LogP contribution in [-0.4, -0.2) is 41.7 Å². The first-order valence-electron chi connectivity index (χ1n) is 6.50. The van der Waals surface area contributed by atoms with Gasteiger partial charge in [0.2, 0.25) is 0 Å². The number of carbonyl (C=O) groups is 2. The molecular weight excluding hydrogens is 280 g/mol. The second kappa shape index (κ2) is 7.61. The molecule has 7 heteroatoms. The first-order chi connectivity index (χ1) is 8.93. The van der Waals surface area contributed by atoms with Crippen LogP contribution in [0.2, 0.25) is 0 Å². The molecule has 20 heavy (non-hydrogen) atoms. The largest absolute Gasteiger partial charge is 0.444 e. The number of nitrogens with one attached hydrogen (secondary N) is 2. The third-order valence-electron chi connectivity index (χ3n) is 1.83. The first-order valence-corrected chi connectivity index (χ1v) is 7.13. The lowest BCUT2D eigenvalue weighted by Crippen LogP contribution is -2.47. The Balaban J connectivity index is 4.17. The van der Waals surface area contributed by atoms with Gasteiger partial charge >= 0.3 is 12.2 Å². The molecule has 0 aromatic rings. The molecule has 6 nitrogen and oxygen atoms in total. The highest BCUT2D eigenvalue weighted by Crippen LogP contribution is 2.07. The maximum absolute atomic E-state index is 11.6. The van der Waals surface area contributed by atoms with Gasteiger partial charge in [0.1, 0.15) is 11.2 Å². The number of amides is 2. The Kier molecular flexibility index (Phi) is 7.19. The van der Waals surface area contributed by atoms with Gasteiger partial charge in [0.05, 0.1) is 6.04 Å². The van der Waals surface area contributed by atoms with Gasteiger partial charge in [-0.25, -0.2) is 9.59 Å². The lowest BCUT2D eigenvalue weighted by Gasteiger charge is -2.24. The minimum atomic E-state index is -0.566. The Bertz CT molecular complexity index is 334. The Hall–Kier alpha value is -1.11. The summed E-state index contributed by atoms with van der Waals surface area (Å²) in [6.45, 7) is 10.9. The zero-order valence-corrected chi connectivity index (χ0v) is 14.0. The van der Waals surface area contributed by atoms with Gasteiger partial charge in [0.25, 0.3) is 0 Å². The average molecular weight is 306 g/mol. The smallest absolute Gasteiger partial charge is 0.407 e. The summed E-state index contributed by atoms with van der Waals surface area (Å²) in [5.74, 6) is 0.370. The van der Waals surface area contributed by atoms with Gasteiger partial charge in [0.15, 0.2) is 0 Å². The molecule has 0 bridgehead atoms. The summed E-state index contributed by atoms with van der Waals surface area (Å²) < 4.78 is 10.2. The molecule has 0 spiro atoms. The topological polar surface area (TPSA) is 76.7 Å². The number of thiol groups is 1. The van der Waals surface area contributed by atoms with E-state index in [-0.39, 0.29) is 12.6 Å². The van der Waals surface area contributed by atoms with Crippen molar-refractivity contribution in [1.29, 1.82) is 0 Å². The first kappa shape index (κ1) is 18.9. The number of rotatable bonds is 4. The Morgan fingerprint density at radius 3 is 1.85 bits per heavy atom. The third kappa shape index (κ3) is 10.8. The van der Waals surface area contributed by atoms with E-state index in [1.165, 1.54) is 0 Å². The van der Waals surface area contributed by atoms with Crippen LogP contribution in [-0.2, 0) is 9.47 Å². The average Bonchev–Trinajstić information content (AvgIpc) is 2.18. The zero-order valence-electron chi connectivity index (χ0n) is 13.1. The molecule has 118 valence electrons. The molecule has 0 aromatic carbocycles. The van der Waals surface area contributed by atoms with E-state index in [4.69, 9.17) is 9.47 Å². The fourth-order valence-electron chi connectivity index (χ4n) is 1.16. The summed E-state index contributed by atoms with van der Waals surface area (Å²) in [7, 11) is 0. The van der Waals surface area contributed by atoms with Crippen molar-refractivity contribution < 1.29 is 19.1 Å². The Labute approximate surface area is 126 Å². The van der Waals surface area contributed by atoms with Crippen molar-refractivity contribution in [1.82, 2.24) is 10.6 Å². The van der Waals surface area contributed by atoms with E-state index in [0.29, 0.717) is 5.75 Å². The number of hydrogen-bond donors (Lipinski definition) is 3. The molecule has 0 aliphatic carbocycles. The van der Waals surface area contributed by atoms with E-state index in [0.717, 1.165) is 0 Å². The van der Waals surface area contributed by atoms with Crippen molar-refractivity contribution in [3.05, 3.63) is 0 Å². The molecule has 0 rings (SSSR count). The van der Waals surface area contributed by atoms with Crippen LogP contribution in [0.25, 0.3) is 0 Å². The Morgan fingerprint density at radius 1 is 1.00 bits per heavy atom. The van der Waals surface area contributed by atoms with Gasteiger partial charge < -0.3 is 20.1 Å². The minimum absolute atomic E-state index is 0.220. The minimum Gasteiger partial charge on any atom is -0.444 e. The van der Waals surface area contributed by atoms with E-state index in [1.807, 2.05) is 0 Å². The molecule has 0 saturated carbocycles. The molecule has 0 unspecified atom stereocenters. The number of ether oxygens (including phenoxy) is 2. The van der Waals surface area contributed by atoms with Crippen LogP contribution in [0.15, 0.2) is 0 Å². The van der Waals surface area contributed by atoms with Crippen LogP contribution >= 0.6 is 12.6 Å². The maximum atomic E-state index is 11.6. The van der Waals surface area contributed by atoms with Gasteiger partial charge in [-0.3, -0.25) is 0 Å². The molecule has 2 amide bonds. The summed E-state index contributed by atoms with van der Waals surface area (Å²) in [5, 5.41) is 5.21. The standard InChI is InChI=1S/C13H26N2O4S/c1-12(2,3)18-10(16)14-7-9(8-20)15-11(17)19-13(4,5)6/h9,20H,7-8H2,1-6H3,(H,14,16)(H,15,17)/t9-/m0/s1. The van der Waals surface area contributed by atoms with Crippen LogP contribution in [0.1, 0.15) is 41.5 Å². The van der Waals surface area contributed by atoms with Crippen molar-refractivity contribution in [2.24, 2.45) is 0 Å². The van der Waals surface area contributed by atoms with Crippen LogP contribution in [0, 0.1) is 0 Å². The molecule has 2 N–H and O–H groups in total. The SMILES string of the molecule is CC(C)(C)OC(=O)NC[C@@H](CS)NC(=O)OC(C)(C)C. The summed E-state index contributed by atoms with van der Waals surface area (Å²) in [6, 6.07) is -0.333. The normalized spacial score (nSPS) is 13.3. The molecule has 0 aromatic heterocycles. The van der Waals surface area contributed by atoms with Gasteiger partial charge in [0, 0.05) is 12.3 Å². The molecule has 0 aliphatic rings. The van der Waals surface area contributed by atoms with E-state index >= 15 is 0 Å². The fourth-order valence-corrected chi connectivity index (χ4v) is 1.38. The number of alkyl carbamates (subject to hydrolysis) is 2. The second-order valence-corrected chi connectivity index (χ2v) is 6.77. The van der Waals surface area contributed by atoms with Gasteiger partial charge in [-0.05, 0) is 41.5 Å². The van der Waals surface area contributed by atoms with Crippen LogP contribution in [0.5, 0.6) is 0 Å². The summed E-state index contributed by atoms with van der Waals surface area (Å²) in [4.78, 5) is 23.1. The molecule has 0 radical (unpaired) electrons. The summed E-state index contributed by atoms with van der Waals surface area (Å²) in [6.07, 6.45) is -1.07. The van der Waals surface area contributed by atoms with Crippen molar-refractivity contribution in [3.8, 4) is 0 Å². The molecule has 1 atom stereocenters. The van der Waals surface area contributed by atoms with Crippen molar-refractivity contribution >= 4 is 24.8 Å². The van der Waals surface area contributed by atoms with E-state index in [9.17, 15) is 9.59 Å². The van der Waals surface area contributed by atoms with Crippen molar-refractivity contribution in [2.75, 3.05) is 12.3 Å². The highest BCUT2D eigenvalue weighted by molar-refractivity contribution is 7.80. The molecular formula is C13H26N2O4S. The van der Waals surface area contributed by atoms with E-state index in [1.54, 1.807) is 41.5 Å².